The topological polar surface area (TPSA) is 84.8 Å². The van der Waals surface area contributed by atoms with Crippen molar-refractivity contribution in [1.82, 2.24) is 19.9 Å². The van der Waals surface area contributed by atoms with Gasteiger partial charge in [-0.1, -0.05) is 0 Å². The molecule has 0 fully saturated rings. The first-order chi connectivity index (χ1) is 13.0. The van der Waals surface area contributed by atoms with Gasteiger partial charge in [-0.2, -0.15) is 0 Å². The summed E-state index contributed by atoms with van der Waals surface area (Å²) in [5, 5.41) is 7.83. The first kappa shape index (κ1) is 19.0. The summed E-state index contributed by atoms with van der Waals surface area (Å²) < 4.78 is 5.42. The molecule has 3 heterocycles. The largest absolute Gasteiger partial charge is 0.381 e. The van der Waals surface area contributed by atoms with Crippen LogP contribution >= 0.6 is 0 Å². The van der Waals surface area contributed by atoms with Crippen molar-refractivity contribution in [2.75, 3.05) is 30.4 Å². The van der Waals surface area contributed by atoms with E-state index in [4.69, 9.17) is 14.7 Å². The Morgan fingerprint density at radius 2 is 1.81 bits per heavy atom. The average Bonchev–Trinajstić information content (AvgIpc) is 2.64. The number of aromatic nitrogens is 4. The van der Waals surface area contributed by atoms with E-state index in [0.29, 0.717) is 25.6 Å². The molecule has 0 spiro atoms. The second-order valence-corrected chi connectivity index (χ2v) is 7.21. The Bertz CT molecular complexity index is 892. The highest BCUT2D eigenvalue weighted by Crippen LogP contribution is 2.31. The van der Waals surface area contributed by atoms with Crippen molar-refractivity contribution in [2.45, 2.75) is 33.2 Å². The molecule has 7 nitrogen and oxygen atoms in total. The van der Waals surface area contributed by atoms with Crippen LogP contribution in [0.4, 0.5) is 11.5 Å². The third-order valence-electron chi connectivity index (χ3n) is 3.80. The Morgan fingerprint density at radius 3 is 2.52 bits per heavy atom. The first-order valence-electron chi connectivity index (χ1n) is 9.14. The van der Waals surface area contributed by atoms with Crippen LogP contribution in [0.5, 0.6) is 0 Å². The fraction of sp³-hybridized carbons (Fsp3) is 0.400. The van der Waals surface area contributed by atoms with Crippen molar-refractivity contribution in [2.24, 2.45) is 0 Å². The molecule has 2 N–H and O–H groups in total. The number of hydrogen-bond donors (Lipinski definition) is 2. The van der Waals surface area contributed by atoms with Crippen LogP contribution in [0.2, 0.25) is 0 Å². The number of rotatable bonds is 7. The lowest BCUT2D eigenvalue weighted by Crippen LogP contribution is -2.27. The van der Waals surface area contributed by atoms with Crippen LogP contribution in [0.1, 0.15) is 27.7 Å². The number of ether oxygens (including phenoxy) is 1. The van der Waals surface area contributed by atoms with Crippen LogP contribution in [-0.4, -0.2) is 45.2 Å². The number of nitrogens with one attached hydrogen (secondary N) is 2. The molecule has 0 amide bonds. The second kappa shape index (κ2) is 8.26. The maximum atomic E-state index is 5.42. The molecular formula is C20H26N6O. The van der Waals surface area contributed by atoms with E-state index in [-0.39, 0.29) is 5.54 Å². The highest BCUT2D eigenvalue weighted by molar-refractivity contribution is 6.00. The monoisotopic (exact) mass is 366 g/mol. The van der Waals surface area contributed by atoms with E-state index in [1.54, 1.807) is 24.8 Å². The quantitative estimate of drug-likeness (QED) is 0.616. The van der Waals surface area contributed by atoms with E-state index < -0.39 is 0 Å². The Labute approximate surface area is 159 Å². The molecule has 0 bridgehead atoms. The zero-order valence-corrected chi connectivity index (χ0v) is 16.3. The standard InChI is InChI=1S/C20H26N6O/c1-5-27-11-10-23-15-12-22-13-16-17(15)19(26-20(2,3)4)25-18(24-16)14-6-8-21-9-7-14/h6-9,12-13,23H,5,10-11H2,1-4H3,(H,24,25,26). The Morgan fingerprint density at radius 1 is 1.04 bits per heavy atom. The molecule has 0 saturated heterocycles. The number of hydrogen-bond acceptors (Lipinski definition) is 7. The minimum absolute atomic E-state index is 0.150. The van der Waals surface area contributed by atoms with Crippen LogP contribution in [0, 0.1) is 0 Å². The van der Waals surface area contributed by atoms with E-state index in [2.05, 4.69) is 41.4 Å². The zero-order valence-electron chi connectivity index (χ0n) is 16.3. The summed E-state index contributed by atoms with van der Waals surface area (Å²) in [4.78, 5) is 18.0. The summed E-state index contributed by atoms with van der Waals surface area (Å²) in [6, 6.07) is 3.80. The van der Waals surface area contributed by atoms with E-state index >= 15 is 0 Å². The van der Waals surface area contributed by atoms with Crippen LogP contribution in [0.15, 0.2) is 36.9 Å². The molecule has 0 aliphatic heterocycles. The maximum Gasteiger partial charge on any atom is 0.162 e. The van der Waals surface area contributed by atoms with Gasteiger partial charge < -0.3 is 15.4 Å². The van der Waals surface area contributed by atoms with Gasteiger partial charge in [0.15, 0.2) is 5.82 Å². The van der Waals surface area contributed by atoms with Crippen LogP contribution in [-0.2, 0) is 4.74 Å². The van der Waals surface area contributed by atoms with E-state index in [1.807, 2.05) is 19.1 Å². The molecule has 0 saturated carbocycles. The van der Waals surface area contributed by atoms with Gasteiger partial charge in [0.25, 0.3) is 0 Å². The third kappa shape index (κ3) is 4.89. The van der Waals surface area contributed by atoms with Crippen LogP contribution in [0.3, 0.4) is 0 Å². The number of fused-ring (bicyclic) bond motifs is 1. The van der Waals surface area contributed by atoms with Gasteiger partial charge in [0.2, 0.25) is 0 Å². The predicted octanol–water partition coefficient (Wildman–Crippen LogP) is 3.75. The Hall–Kier alpha value is -2.80. The van der Waals surface area contributed by atoms with E-state index in [9.17, 15) is 0 Å². The van der Waals surface area contributed by atoms with Crippen molar-refractivity contribution in [3.8, 4) is 11.4 Å². The number of anilines is 2. The SMILES string of the molecule is CCOCCNc1cncc2nc(-c3ccncc3)nc(NC(C)(C)C)c12. The van der Waals surface area contributed by atoms with Gasteiger partial charge in [0.1, 0.15) is 5.82 Å². The summed E-state index contributed by atoms with van der Waals surface area (Å²) in [7, 11) is 0. The van der Waals surface area contributed by atoms with Gasteiger partial charge in [0.05, 0.1) is 35.6 Å². The van der Waals surface area contributed by atoms with E-state index in [0.717, 1.165) is 28.0 Å². The van der Waals surface area contributed by atoms with Crippen LogP contribution < -0.4 is 10.6 Å². The summed E-state index contributed by atoms with van der Waals surface area (Å²) in [6.45, 7) is 10.3. The highest BCUT2D eigenvalue weighted by atomic mass is 16.5. The molecule has 0 aromatic carbocycles. The Balaban J connectivity index is 2.08. The summed E-state index contributed by atoms with van der Waals surface area (Å²) >= 11 is 0. The lowest BCUT2D eigenvalue weighted by Gasteiger charge is -2.23. The molecule has 142 valence electrons. The fourth-order valence-electron chi connectivity index (χ4n) is 2.70. The van der Waals surface area contributed by atoms with Crippen molar-refractivity contribution < 1.29 is 4.74 Å². The third-order valence-corrected chi connectivity index (χ3v) is 3.80. The smallest absolute Gasteiger partial charge is 0.162 e. The minimum atomic E-state index is -0.150. The van der Waals surface area contributed by atoms with Gasteiger partial charge >= 0.3 is 0 Å². The van der Waals surface area contributed by atoms with Gasteiger partial charge in [0, 0.05) is 36.6 Å². The molecule has 0 radical (unpaired) electrons. The zero-order chi connectivity index (χ0) is 19.3. The summed E-state index contributed by atoms with van der Waals surface area (Å²) in [5.41, 5.74) is 2.44. The van der Waals surface area contributed by atoms with Gasteiger partial charge in [-0.05, 0) is 39.8 Å². The number of pyridine rings is 2. The van der Waals surface area contributed by atoms with Crippen molar-refractivity contribution >= 4 is 22.4 Å². The lowest BCUT2D eigenvalue weighted by molar-refractivity contribution is 0.158. The molecule has 0 aliphatic rings. The normalized spacial score (nSPS) is 11.6. The van der Waals surface area contributed by atoms with Crippen LogP contribution in [0.25, 0.3) is 22.3 Å². The van der Waals surface area contributed by atoms with Gasteiger partial charge in [-0.25, -0.2) is 9.97 Å². The highest BCUT2D eigenvalue weighted by Gasteiger charge is 2.18. The molecule has 0 atom stereocenters. The lowest BCUT2D eigenvalue weighted by atomic mass is 10.1. The molecular weight excluding hydrogens is 340 g/mol. The Kier molecular flexibility index (Phi) is 5.81. The maximum absolute atomic E-state index is 5.42. The van der Waals surface area contributed by atoms with Crippen molar-refractivity contribution in [3.05, 3.63) is 36.9 Å². The van der Waals surface area contributed by atoms with Crippen molar-refractivity contribution in [1.29, 1.82) is 0 Å². The minimum Gasteiger partial charge on any atom is -0.381 e. The van der Waals surface area contributed by atoms with E-state index in [1.165, 1.54) is 0 Å². The van der Waals surface area contributed by atoms with Crippen molar-refractivity contribution in [3.63, 3.8) is 0 Å². The molecule has 0 unspecified atom stereocenters. The molecule has 3 aromatic rings. The summed E-state index contributed by atoms with van der Waals surface area (Å²) in [5.74, 6) is 1.42. The molecule has 3 rings (SSSR count). The molecule has 0 aliphatic carbocycles. The fourth-order valence-corrected chi connectivity index (χ4v) is 2.70. The van der Waals surface area contributed by atoms with Gasteiger partial charge in [-0.3, -0.25) is 9.97 Å². The summed E-state index contributed by atoms with van der Waals surface area (Å²) in [6.07, 6.45) is 7.05. The number of nitrogens with zero attached hydrogens (tertiary/aromatic N) is 4. The first-order valence-corrected chi connectivity index (χ1v) is 9.14. The molecule has 7 heteroatoms. The molecule has 3 aromatic heterocycles. The van der Waals surface area contributed by atoms with Gasteiger partial charge in [-0.15, -0.1) is 0 Å². The predicted molar refractivity (Wildman–Crippen MR) is 109 cm³/mol. The second-order valence-electron chi connectivity index (χ2n) is 7.21. The molecule has 27 heavy (non-hydrogen) atoms. The average molecular weight is 366 g/mol.